The van der Waals surface area contributed by atoms with Crippen LogP contribution in [0, 0.1) is 0 Å². The molecule has 0 spiro atoms. The van der Waals surface area contributed by atoms with Crippen LogP contribution in [0.15, 0.2) is 30.3 Å². The fourth-order valence-electron chi connectivity index (χ4n) is 4.08. The highest BCUT2D eigenvalue weighted by molar-refractivity contribution is 5.15. The molecule has 1 aromatic rings. The molecule has 1 rings (SSSR count). The van der Waals surface area contributed by atoms with Crippen molar-refractivity contribution >= 4 is 0 Å². The van der Waals surface area contributed by atoms with Crippen LogP contribution in [0.25, 0.3) is 0 Å². The molecule has 306 valence electrons. The van der Waals surface area contributed by atoms with Gasteiger partial charge in [-0.25, -0.2) is 0 Å². The van der Waals surface area contributed by atoms with Crippen molar-refractivity contribution in [2.24, 2.45) is 0 Å². The molecule has 0 aliphatic heterocycles. The Morgan fingerprint density at radius 1 is 0.346 bits per heavy atom. The zero-order valence-corrected chi connectivity index (χ0v) is 24.6. The van der Waals surface area contributed by atoms with Crippen LogP contribution in [0.3, 0.4) is 0 Å². The van der Waals surface area contributed by atoms with Gasteiger partial charge in [0.25, 0.3) is 0 Å². The van der Waals surface area contributed by atoms with E-state index in [4.69, 9.17) is 0 Å². The molecule has 52 heavy (non-hydrogen) atoms. The Morgan fingerprint density at radius 3 is 0.885 bits per heavy atom. The Bertz CT molecular complexity index is 1230. The molecule has 0 saturated heterocycles. The van der Waals surface area contributed by atoms with Crippen molar-refractivity contribution in [1.29, 1.82) is 0 Å². The highest BCUT2D eigenvalue weighted by Gasteiger charge is 2.92. The second-order valence-electron chi connectivity index (χ2n) is 11.0. The minimum atomic E-state index is -8.22. The van der Waals surface area contributed by atoms with Crippen molar-refractivity contribution in [3.8, 4) is 0 Å². The van der Waals surface area contributed by atoms with Gasteiger partial charge in [-0.1, -0.05) is 30.3 Å². The van der Waals surface area contributed by atoms with E-state index in [9.17, 15) is 114 Å². The van der Waals surface area contributed by atoms with Gasteiger partial charge in [0, 0.05) is 19.4 Å². The standard InChI is InChI=1S/C25H19F26N/c26-14(27,16(30,31)18(34,35)20(38,39)22(42,43)24(46,47)48)8-4-10-52(12-13-6-2-1-3-7-13)11-5-9-15(28,29)17(32,33)19(36,37)21(40,41)23(44,45)25(49,50)51/h1-3,6-7H,4-5,8-12H2. The molecule has 0 N–H and O–H groups in total. The van der Waals surface area contributed by atoms with Crippen LogP contribution in [0.4, 0.5) is 114 Å². The maximum atomic E-state index is 14.1. The van der Waals surface area contributed by atoms with Crippen LogP contribution in [0.2, 0.25) is 0 Å². The molecule has 0 amide bonds. The molecule has 0 radical (unpaired) electrons. The summed E-state index contributed by atoms with van der Waals surface area (Å²) < 4.78 is 346. The van der Waals surface area contributed by atoms with E-state index in [1.165, 1.54) is 18.2 Å². The number of rotatable bonds is 18. The van der Waals surface area contributed by atoms with Crippen LogP contribution < -0.4 is 0 Å². The van der Waals surface area contributed by atoms with Crippen molar-refractivity contribution < 1.29 is 114 Å². The van der Waals surface area contributed by atoms with E-state index >= 15 is 0 Å². The highest BCUT2D eigenvalue weighted by Crippen LogP contribution is 2.62. The van der Waals surface area contributed by atoms with Gasteiger partial charge >= 0.3 is 71.6 Å². The smallest absolute Gasteiger partial charge is 0.299 e. The van der Waals surface area contributed by atoms with Crippen molar-refractivity contribution in [1.82, 2.24) is 4.90 Å². The molecule has 0 unspecified atom stereocenters. The molecule has 27 heteroatoms. The number of alkyl halides is 26. The van der Waals surface area contributed by atoms with Crippen LogP contribution >= 0.6 is 0 Å². The number of hydrogen-bond donors (Lipinski definition) is 0. The number of halogens is 26. The zero-order chi connectivity index (χ0) is 41.6. The van der Waals surface area contributed by atoms with E-state index in [1.807, 2.05) is 0 Å². The molecule has 0 saturated carbocycles. The lowest BCUT2D eigenvalue weighted by atomic mass is 9.91. The summed E-state index contributed by atoms with van der Waals surface area (Å²) in [6.07, 6.45) is -24.5. The lowest BCUT2D eigenvalue weighted by molar-refractivity contribution is -0.440. The van der Waals surface area contributed by atoms with Crippen LogP contribution in [-0.4, -0.2) is 89.6 Å². The molecule has 1 nitrogen and oxygen atoms in total. The number of nitrogens with zero attached hydrogens (tertiary/aromatic N) is 1. The minimum Gasteiger partial charge on any atom is -0.299 e. The topological polar surface area (TPSA) is 3.24 Å². The van der Waals surface area contributed by atoms with Crippen LogP contribution in [0.1, 0.15) is 31.2 Å². The Kier molecular flexibility index (Phi) is 13.0. The second kappa shape index (κ2) is 14.2. The van der Waals surface area contributed by atoms with Crippen molar-refractivity contribution in [3.05, 3.63) is 35.9 Å². The van der Waals surface area contributed by atoms with E-state index < -0.39 is 117 Å². The summed E-state index contributed by atoms with van der Waals surface area (Å²) in [6, 6.07) is 5.80. The molecule has 1 aromatic carbocycles. The maximum Gasteiger partial charge on any atom is 0.460 e. The van der Waals surface area contributed by atoms with Gasteiger partial charge in [0.2, 0.25) is 0 Å². The van der Waals surface area contributed by atoms with Crippen LogP contribution in [-0.2, 0) is 6.54 Å². The third-order valence-corrected chi connectivity index (χ3v) is 7.18. The van der Waals surface area contributed by atoms with Crippen molar-refractivity contribution in [2.45, 2.75) is 104 Å². The van der Waals surface area contributed by atoms with Gasteiger partial charge in [-0.05, 0) is 31.5 Å². The quantitative estimate of drug-likeness (QED) is 0.133. The fraction of sp³-hybridized carbons (Fsp3) is 0.760. The second-order valence-corrected chi connectivity index (χ2v) is 11.0. The molecule has 0 fully saturated rings. The predicted octanol–water partition coefficient (Wildman–Crippen LogP) is 11.5. The third kappa shape index (κ3) is 7.92. The van der Waals surface area contributed by atoms with E-state index in [-0.39, 0.29) is 5.56 Å². The van der Waals surface area contributed by atoms with Crippen LogP contribution in [0.5, 0.6) is 0 Å². The molecular weight excluding hydrogens is 808 g/mol. The molecular formula is C25H19F26N. The van der Waals surface area contributed by atoms with Gasteiger partial charge in [-0.3, -0.25) is 4.90 Å². The van der Waals surface area contributed by atoms with E-state index in [0.29, 0.717) is 4.90 Å². The Hall–Kier alpha value is -2.64. The minimum absolute atomic E-state index is 0.0576. The predicted molar refractivity (Wildman–Crippen MR) is 122 cm³/mol. The van der Waals surface area contributed by atoms with Gasteiger partial charge < -0.3 is 0 Å². The fourth-order valence-corrected chi connectivity index (χ4v) is 4.08. The Morgan fingerprint density at radius 2 is 0.615 bits per heavy atom. The summed E-state index contributed by atoms with van der Waals surface area (Å²) in [5.74, 6) is -77.4. The first-order chi connectivity index (χ1) is 22.7. The number of hydrogen-bond acceptors (Lipinski definition) is 1. The summed E-state index contributed by atoms with van der Waals surface area (Å²) in [5, 5.41) is 0. The first kappa shape index (κ1) is 47.4. The summed E-state index contributed by atoms with van der Waals surface area (Å²) in [4.78, 5) is 0.410. The van der Waals surface area contributed by atoms with Gasteiger partial charge in [-0.15, -0.1) is 0 Å². The number of benzene rings is 1. The van der Waals surface area contributed by atoms with E-state index in [0.717, 1.165) is 12.1 Å². The maximum absolute atomic E-state index is 14.1. The third-order valence-electron chi connectivity index (χ3n) is 7.18. The lowest BCUT2D eigenvalue weighted by Gasteiger charge is -2.40. The Labute approximate surface area is 272 Å². The van der Waals surface area contributed by atoms with Crippen molar-refractivity contribution in [3.63, 3.8) is 0 Å². The monoisotopic (exact) mass is 827 g/mol. The Balaban J connectivity index is 3.28. The SMILES string of the molecule is FC(F)(F)C(F)(F)C(F)(F)C(F)(F)C(F)(F)C(F)(F)CCCN(CCCC(F)(F)C(F)(F)C(F)(F)C(F)(F)C(F)(F)C(F)(F)F)Cc1ccccc1. The molecule has 0 aromatic heterocycles. The first-order valence-corrected chi connectivity index (χ1v) is 13.3. The molecule has 0 aliphatic carbocycles. The first-order valence-electron chi connectivity index (χ1n) is 13.3. The molecule has 0 atom stereocenters. The largest absolute Gasteiger partial charge is 0.460 e. The van der Waals surface area contributed by atoms with E-state index in [1.54, 1.807) is 0 Å². The average Bonchev–Trinajstić information content (AvgIpc) is 2.95. The van der Waals surface area contributed by atoms with Gasteiger partial charge in [0.1, 0.15) is 0 Å². The van der Waals surface area contributed by atoms with Crippen molar-refractivity contribution in [2.75, 3.05) is 13.1 Å². The summed E-state index contributed by atoms with van der Waals surface area (Å²) in [7, 11) is 0. The summed E-state index contributed by atoms with van der Waals surface area (Å²) in [6.45, 7) is -3.52. The summed E-state index contributed by atoms with van der Waals surface area (Å²) in [5.41, 5.74) is -0.0576. The lowest BCUT2D eigenvalue weighted by Crippen LogP contribution is -2.70. The average molecular weight is 827 g/mol. The summed E-state index contributed by atoms with van der Waals surface area (Å²) >= 11 is 0. The molecule has 0 heterocycles. The zero-order valence-electron chi connectivity index (χ0n) is 24.6. The normalized spacial score (nSPS) is 15.8. The van der Waals surface area contributed by atoms with Gasteiger partial charge in [0.15, 0.2) is 0 Å². The molecule has 0 bridgehead atoms. The van der Waals surface area contributed by atoms with Gasteiger partial charge in [-0.2, -0.15) is 114 Å². The van der Waals surface area contributed by atoms with E-state index in [2.05, 4.69) is 0 Å². The van der Waals surface area contributed by atoms with Gasteiger partial charge in [0.05, 0.1) is 0 Å². The molecule has 0 aliphatic rings. The highest BCUT2D eigenvalue weighted by atomic mass is 19.4.